The molecule has 0 aliphatic carbocycles. The summed E-state index contributed by atoms with van der Waals surface area (Å²) < 4.78 is 2.02. The largest absolute Gasteiger partial charge is 0.386 e. The van der Waals surface area contributed by atoms with E-state index in [4.69, 9.17) is 0 Å². The van der Waals surface area contributed by atoms with Crippen molar-refractivity contribution in [3.05, 3.63) is 53.1 Å². The molecule has 3 nitrogen and oxygen atoms in total. The summed E-state index contributed by atoms with van der Waals surface area (Å²) in [4.78, 5) is 4.15. The van der Waals surface area contributed by atoms with Gasteiger partial charge in [-0.25, -0.2) is 4.98 Å². The van der Waals surface area contributed by atoms with Crippen molar-refractivity contribution in [3.8, 4) is 0 Å². The maximum Gasteiger partial charge on any atom is 0.0996 e. The molecule has 2 rings (SSSR count). The summed E-state index contributed by atoms with van der Waals surface area (Å²) >= 11 is 0. The monoisotopic (exact) mass is 258 g/mol. The highest BCUT2D eigenvalue weighted by atomic mass is 16.3. The van der Waals surface area contributed by atoms with Crippen LogP contribution in [0.2, 0.25) is 0 Å². The van der Waals surface area contributed by atoms with Crippen molar-refractivity contribution in [2.45, 2.75) is 46.3 Å². The second-order valence-corrected chi connectivity index (χ2v) is 5.47. The van der Waals surface area contributed by atoms with Gasteiger partial charge in [0.1, 0.15) is 0 Å². The van der Waals surface area contributed by atoms with E-state index < -0.39 is 6.10 Å². The number of hydrogen-bond acceptors (Lipinski definition) is 2. The van der Waals surface area contributed by atoms with Crippen LogP contribution in [-0.2, 0) is 6.42 Å². The molecule has 0 amide bonds. The van der Waals surface area contributed by atoms with Crippen molar-refractivity contribution in [2.75, 3.05) is 0 Å². The van der Waals surface area contributed by atoms with E-state index in [1.165, 1.54) is 16.7 Å². The van der Waals surface area contributed by atoms with Crippen molar-refractivity contribution < 1.29 is 5.11 Å². The Labute approximate surface area is 114 Å². The Morgan fingerprint density at radius 1 is 1.26 bits per heavy atom. The maximum absolute atomic E-state index is 10.4. The molecule has 1 heterocycles. The maximum atomic E-state index is 10.4. The molecule has 0 saturated heterocycles. The van der Waals surface area contributed by atoms with Crippen LogP contribution in [0.1, 0.15) is 48.4 Å². The van der Waals surface area contributed by atoms with Gasteiger partial charge in [0.2, 0.25) is 0 Å². The Hall–Kier alpha value is -1.61. The van der Waals surface area contributed by atoms with E-state index in [0.717, 1.165) is 5.69 Å². The Kier molecular flexibility index (Phi) is 4.05. The third-order valence-corrected chi connectivity index (χ3v) is 3.51. The number of aliphatic hydroxyl groups excluding tert-OH is 1. The molecule has 1 unspecified atom stereocenters. The zero-order chi connectivity index (χ0) is 14.0. The SMILES string of the molecule is Cc1ccc(C)c(CC(O)c2cncn2C(C)C)c1. The normalized spacial score (nSPS) is 12.9. The Morgan fingerprint density at radius 3 is 2.68 bits per heavy atom. The third-order valence-electron chi connectivity index (χ3n) is 3.51. The van der Waals surface area contributed by atoms with Crippen LogP contribution in [-0.4, -0.2) is 14.7 Å². The van der Waals surface area contributed by atoms with Crippen LogP contribution in [0.25, 0.3) is 0 Å². The summed E-state index contributed by atoms with van der Waals surface area (Å²) in [6.07, 6.45) is 3.67. The van der Waals surface area contributed by atoms with E-state index in [1.54, 1.807) is 12.5 Å². The van der Waals surface area contributed by atoms with Gasteiger partial charge in [-0.15, -0.1) is 0 Å². The molecular formula is C16H22N2O. The van der Waals surface area contributed by atoms with Crippen LogP contribution in [0, 0.1) is 13.8 Å². The van der Waals surface area contributed by atoms with Gasteiger partial charge in [0.25, 0.3) is 0 Å². The van der Waals surface area contributed by atoms with E-state index in [9.17, 15) is 5.11 Å². The van der Waals surface area contributed by atoms with Gasteiger partial charge in [-0.3, -0.25) is 0 Å². The predicted molar refractivity (Wildman–Crippen MR) is 77.2 cm³/mol. The standard InChI is InChI=1S/C16H22N2O/c1-11(2)18-10-17-9-15(18)16(19)8-14-7-12(3)5-6-13(14)4/h5-7,9-11,16,19H,8H2,1-4H3. The molecule has 1 aromatic heterocycles. The Morgan fingerprint density at radius 2 is 2.00 bits per heavy atom. The zero-order valence-electron chi connectivity index (χ0n) is 12.1. The molecule has 1 atom stereocenters. The van der Waals surface area contributed by atoms with Gasteiger partial charge in [0, 0.05) is 12.5 Å². The highest BCUT2D eigenvalue weighted by molar-refractivity contribution is 5.31. The topological polar surface area (TPSA) is 38.1 Å². The van der Waals surface area contributed by atoms with E-state index in [1.807, 2.05) is 4.57 Å². The first kappa shape index (κ1) is 13.8. The number of nitrogens with zero attached hydrogens (tertiary/aromatic N) is 2. The van der Waals surface area contributed by atoms with Gasteiger partial charge in [-0.05, 0) is 38.8 Å². The van der Waals surface area contributed by atoms with Crippen LogP contribution in [0.3, 0.4) is 0 Å². The third kappa shape index (κ3) is 3.04. The number of benzene rings is 1. The summed E-state index contributed by atoms with van der Waals surface area (Å²) in [5, 5.41) is 10.4. The van der Waals surface area contributed by atoms with Crippen molar-refractivity contribution in [3.63, 3.8) is 0 Å². The van der Waals surface area contributed by atoms with Crippen molar-refractivity contribution in [2.24, 2.45) is 0 Å². The number of aliphatic hydroxyl groups is 1. The summed E-state index contributed by atoms with van der Waals surface area (Å²) in [5.74, 6) is 0. The van der Waals surface area contributed by atoms with E-state index in [-0.39, 0.29) is 0 Å². The summed E-state index contributed by atoms with van der Waals surface area (Å²) in [6, 6.07) is 6.67. The number of hydrogen-bond donors (Lipinski definition) is 1. The van der Waals surface area contributed by atoms with Gasteiger partial charge in [0.15, 0.2) is 0 Å². The van der Waals surface area contributed by atoms with Crippen LogP contribution >= 0.6 is 0 Å². The van der Waals surface area contributed by atoms with Crippen LogP contribution < -0.4 is 0 Å². The minimum Gasteiger partial charge on any atom is -0.386 e. The van der Waals surface area contributed by atoms with E-state index in [2.05, 4.69) is 50.9 Å². The van der Waals surface area contributed by atoms with Crippen LogP contribution in [0.5, 0.6) is 0 Å². The molecule has 0 fully saturated rings. The molecule has 1 N–H and O–H groups in total. The molecule has 2 aromatic rings. The highest BCUT2D eigenvalue weighted by Crippen LogP contribution is 2.23. The summed E-state index contributed by atoms with van der Waals surface area (Å²) in [7, 11) is 0. The van der Waals surface area contributed by atoms with Gasteiger partial charge in [0.05, 0.1) is 24.3 Å². The molecule has 1 aromatic carbocycles. The van der Waals surface area contributed by atoms with Crippen molar-refractivity contribution in [1.29, 1.82) is 0 Å². The number of imidazole rings is 1. The molecule has 3 heteroatoms. The first-order valence-electron chi connectivity index (χ1n) is 6.75. The smallest absolute Gasteiger partial charge is 0.0996 e. The molecule has 102 valence electrons. The minimum absolute atomic E-state index is 0.311. The predicted octanol–water partition coefficient (Wildman–Crippen LogP) is 3.36. The Balaban J connectivity index is 2.23. The molecule has 19 heavy (non-hydrogen) atoms. The average molecular weight is 258 g/mol. The lowest BCUT2D eigenvalue weighted by molar-refractivity contribution is 0.167. The molecule has 0 spiro atoms. The fourth-order valence-corrected chi connectivity index (χ4v) is 2.34. The fourth-order valence-electron chi connectivity index (χ4n) is 2.34. The van der Waals surface area contributed by atoms with Crippen molar-refractivity contribution >= 4 is 0 Å². The van der Waals surface area contributed by atoms with Gasteiger partial charge < -0.3 is 9.67 Å². The lowest BCUT2D eigenvalue weighted by Gasteiger charge is -2.17. The van der Waals surface area contributed by atoms with Gasteiger partial charge in [-0.1, -0.05) is 23.8 Å². The minimum atomic E-state index is -0.509. The number of rotatable bonds is 4. The quantitative estimate of drug-likeness (QED) is 0.913. The molecule has 0 saturated carbocycles. The van der Waals surface area contributed by atoms with E-state index >= 15 is 0 Å². The molecule has 0 bridgehead atoms. The number of aryl methyl sites for hydroxylation is 2. The molecular weight excluding hydrogens is 236 g/mol. The molecule has 0 aliphatic rings. The molecule has 0 radical (unpaired) electrons. The second kappa shape index (κ2) is 5.57. The second-order valence-electron chi connectivity index (χ2n) is 5.47. The lowest BCUT2D eigenvalue weighted by atomic mass is 9.99. The van der Waals surface area contributed by atoms with Crippen molar-refractivity contribution in [1.82, 2.24) is 9.55 Å². The lowest BCUT2D eigenvalue weighted by Crippen LogP contribution is -2.11. The van der Waals surface area contributed by atoms with Crippen LogP contribution in [0.4, 0.5) is 0 Å². The zero-order valence-corrected chi connectivity index (χ0v) is 12.1. The fraction of sp³-hybridized carbons (Fsp3) is 0.438. The summed E-state index contributed by atoms with van der Waals surface area (Å²) in [6.45, 7) is 8.35. The van der Waals surface area contributed by atoms with Gasteiger partial charge in [-0.2, -0.15) is 0 Å². The highest BCUT2D eigenvalue weighted by Gasteiger charge is 2.16. The van der Waals surface area contributed by atoms with Crippen LogP contribution in [0.15, 0.2) is 30.7 Å². The Bertz CT molecular complexity index is 558. The average Bonchev–Trinajstić information content (AvgIpc) is 2.83. The first-order chi connectivity index (χ1) is 8.99. The first-order valence-corrected chi connectivity index (χ1v) is 6.75. The number of aromatic nitrogens is 2. The van der Waals surface area contributed by atoms with Gasteiger partial charge >= 0.3 is 0 Å². The van der Waals surface area contributed by atoms with E-state index in [0.29, 0.717) is 12.5 Å². The summed E-state index contributed by atoms with van der Waals surface area (Å²) in [5.41, 5.74) is 4.53. The molecule has 0 aliphatic heterocycles.